The standard InChI is InChI=1S/C26H27ClFN3/c1-5-23-21(12-18-6-8-19(14-28)9-7-18)26(27)22-13-20(10-11-24(22)30-23)16(2)25-15-29-17(3)31(25)4/h6-11,13,15-16H,5,12,14H2,1-4H3. The molecule has 0 saturated carbocycles. The van der Waals surface area contributed by atoms with Crippen molar-refractivity contribution in [3.63, 3.8) is 0 Å². The monoisotopic (exact) mass is 435 g/mol. The van der Waals surface area contributed by atoms with Gasteiger partial charge in [-0.1, -0.05) is 55.8 Å². The molecule has 3 nitrogen and oxygen atoms in total. The Kier molecular flexibility index (Phi) is 6.10. The van der Waals surface area contributed by atoms with Crippen LogP contribution in [0.1, 0.15) is 59.2 Å². The third kappa shape index (κ3) is 4.09. The molecule has 0 spiro atoms. The third-order valence-electron chi connectivity index (χ3n) is 6.22. The van der Waals surface area contributed by atoms with Gasteiger partial charge >= 0.3 is 0 Å². The van der Waals surface area contributed by atoms with Crippen LogP contribution in [-0.4, -0.2) is 14.5 Å². The van der Waals surface area contributed by atoms with Crippen LogP contribution in [0.4, 0.5) is 4.39 Å². The largest absolute Gasteiger partial charge is 0.335 e. The van der Waals surface area contributed by atoms with E-state index in [0.29, 0.717) is 12.0 Å². The molecule has 31 heavy (non-hydrogen) atoms. The Bertz CT molecular complexity index is 1230. The summed E-state index contributed by atoms with van der Waals surface area (Å²) in [6, 6.07) is 14.0. The summed E-state index contributed by atoms with van der Waals surface area (Å²) in [4.78, 5) is 9.36. The Hall–Kier alpha value is -2.72. The van der Waals surface area contributed by atoms with Gasteiger partial charge < -0.3 is 4.57 Å². The molecule has 160 valence electrons. The molecule has 0 fully saturated rings. The van der Waals surface area contributed by atoms with Gasteiger partial charge in [-0.2, -0.15) is 0 Å². The Labute approximate surface area is 187 Å². The van der Waals surface area contributed by atoms with E-state index in [4.69, 9.17) is 16.6 Å². The highest BCUT2D eigenvalue weighted by molar-refractivity contribution is 6.36. The van der Waals surface area contributed by atoms with E-state index in [1.165, 1.54) is 11.3 Å². The van der Waals surface area contributed by atoms with Crippen LogP contribution in [0.2, 0.25) is 5.02 Å². The number of imidazole rings is 1. The molecule has 2 aromatic carbocycles. The van der Waals surface area contributed by atoms with Gasteiger partial charge in [-0.05, 0) is 47.7 Å². The topological polar surface area (TPSA) is 30.7 Å². The lowest BCUT2D eigenvalue weighted by Gasteiger charge is -2.17. The van der Waals surface area contributed by atoms with Crippen molar-refractivity contribution >= 4 is 22.5 Å². The summed E-state index contributed by atoms with van der Waals surface area (Å²) >= 11 is 6.97. The number of fused-ring (bicyclic) bond motifs is 1. The highest BCUT2D eigenvalue weighted by Gasteiger charge is 2.18. The first kappa shape index (κ1) is 21.5. The minimum atomic E-state index is -0.448. The Balaban J connectivity index is 1.77. The van der Waals surface area contributed by atoms with Gasteiger partial charge in [0.2, 0.25) is 0 Å². The first-order valence-corrected chi connectivity index (χ1v) is 11.0. The van der Waals surface area contributed by atoms with E-state index in [2.05, 4.69) is 41.6 Å². The molecule has 2 heterocycles. The van der Waals surface area contributed by atoms with Gasteiger partial charge in [0.05, 0.1) is 10.5 Å². The second-order valence-corrected chi connectivity index (χ2v) is 8.50. The number of halogens is 2. The van der Waals surface area contributed by atoms with E-state index < -0.39 is 6.67 Å². The van der Waals surface area contributed by atoms with Crippen LogP contribution in [0.5, 0.6) is 0 Å². The summed E-state index contributed by atoms with van der Waals surface area (Å²) < 4.78 is 15.0. The van der Waals surface area contributed by atoms with Crippen LogP contribution in [-0.2, 0) is 26.6 Å². The lowest BCUT2D eigenvalue weighted by atomic mass is 9.94. The number of hydrogen-bond acceptors (Lipinski definition) is 2. The van der Waals surface area contributed by atoms with Crippen molar-refractivity contribution < 1.29 is 4.39 Å². The maximum Gasteiger partial charge on any atom is 0.115 e. The number of alkyl halides is 1. The van der Waals surface area contributed by atoms with Crippen molar-refractivity contribution in [2.24, 2.45) is 7.05 Å². The zero-order chi connectivity index (χ0) is 22.1. The third-order valence-corrected chi connectivity index (χ3v) is 6.65. The summed E-state index contributed by atoms with van der Waals surface area (Å²) in [7, 11) is 2.05. The van der Waals surface area contributed by atoms with Crippen LogP contribution in [0.15, 0.2) is 48.7 Å². The van der Waals surface area contributed by atoms with Gasteiger partial charge in [-0.15, -0.1) is 0 Å². The molecule has 0 aliphatic carbocycles. The summed E-state index contributed by atoms with van der Waals surface area (Å²) in [5, 5.41) is 1.73. The van der Waals surface area contributed by atoms with Gasteiger partial charge in [-0.25, -0.2) is 9.37 Å². The number of nitrogens with zero attached hydrogens (tertiary/aromatic N) is 3. The summed E-state index contributed by atoms with van der Waals surface area (Å²) in [5.41, 5.74) is 7.11. The van der Waals surface area contributed by atoms with Gasteiger partial charge in [0, 0.05) is 42.4 Å². The van der Waals surface area contributed by atoms with E-state index in [0.717, 1.165) is 45.0 Å². The van der Waals surface area contributed by atoms with Crippen molar-refractivity contribution in [2.75, 3.05) is 0 Å². The quantitative estimate of drug-likeness (QED) is 0.337. The highest BCUT2D eigenvalue weighted by Crippen LogP contribution is 2.34. The maximum absolute atomic E-state index is 12.9. The van der Waals surface area contributed by atoms with Crippen molar-refractivity contribution in [2.45, 2.75) is 46.2 Å². The zero-order valence-corrected chi connectivity index (χ0v) is 19.2. The van der Waals surface area contributed by atoms with Crippen molar-refractivity contribution in [3.8, 4) is 0 Å². The van der Waals surface area contributed by atoms with Gasteiger partial charge in [0.1, 0.15) is 12.5 Å². The summed E-state index contributed by atoms with van der Waals surface area (Å²) in [6.07, 6.45) is 3.43. The molecule has 0 bridgehead atoms. The fourth-order valence-corrected chi connectivity index (χ4v) is 4.44. The van der Waals surface area contributed by atoms with E-state index in [9.17, 15) is 4.39 Å². The van der Waals surface area contributed by atoms with Crippen LogP contribution in [0, 0.1) is 6.92 Å². The molecular weight excluding hydrogens is 409 g/mol. The predicted molar refractivity (Wildman–Crippen MR) is 126 cm³/mol. The van der Waals surface area contributed by atoms with Gasteiger partial charge in [0.15, 0.2) is 0 Å². The Morgan fingerprint density at radius 2 is 1.81 bits per heavy atom. The molecular formula is C26H27ClFN3. The van der Waals surface area contributed by atoms with E-state index in [1.807, 2.05) is 44.4 Å². The van der Waals surface area contributed by atoms with Crippen molar-refractivity contribution in [1.82, 2.24) is 14.5 Å². The number of pyridine rings is 1. The molecule has 4 aromatic rings. The molecule has 1 unspecified atom stereocenters. The normalized spacial score (nSPS) is 12.5. The highest BCUT2D eigenvalue weighted by atomic mass is 35.5. The summed E-state index contributed by atoms with van der Waals surface area (Å²) in [6.45, 7) is 5.85. The number of aromatic nitrogens is 3. The number of benzene rings is 2. The fourth-order valence-electron chi connectivity index (χ4n) is 4.11. The molecule has 1 atom stereocenters. The second-order valence-electron chi connectivity index (χ2n) is 8.12. The van der Waals surface area contributed by atoms with Gasteiger partial charge in [-0.3, -0.25) is 4.98 Å². The Morgan fingerprint density at radius 3 is 2.42 bits per heavy atom. The fraction of sp³-hybridized carbons (Fsp3) is 0.308. The smallest absolute Gasteiger partial charge is 0.115 e. The predicted octanol–water partition coefficient (Wildman–Crippen LogP) is 6.70. The van der Waals surface area contributed by atoms with E-state index in [-0.39, 0.29) is 5.92 Å². The van der Waals surface area contributed by atoms with Crippen molar-refractivity contribution in [1.29, 1.82) is 0 Å². The number of aryl methyl sites for hydroxylation is 2. The molecule has 0 aliphatic heterocycles. The van der Waals surface area contributed by atoms with Crippen LogP contribution in [0.3, 0.4) is 0 Å². The maximum atomic E-state index is 12.9. The molecule has 0 amide bonds. The molecule has 0 radical (unpaired) electrons. The number of rotatable bonds is 6. The molecule has 5 heteroatoms. The molecule has 4 rings (SSSR count). The molecule has 0 aliphatic rings. The number of hydrogen-bond donors (Lipinski definition) is 0. The van der Waals surface area contributed by atoms with Gasteiger partial charge in [0.25, 0.3) is 0 Å². The van der Waals surface area contributed by atoms with Crippen LogP contribution >= 0.6 is 11.6 Å². The molecule has 0 N–H and O–H groups in total. The van der Waals surface area contributed by atoms with Crippen molar-refractivity contribution in [3.05, 3.63) is 93.2 Å². The summed E-state index contributed by atoms with van der Waals surface area (Å²) in [5.74, 6) is 1.19. The Morgan fingerprint density at radius 1 is 1.10 bits per heavy atom. The van der Waals surface area contributed by atoms with Crippen LogP contribution < -0.4 is 0 Å². The zero-order valence-electron chi connectivity index (χ0n) is 18.4. The first-order chi connectivity index (χ1) is 14.9. The molecule has 2 aromatic heterocycles. The molecule has 0 saturated heterocycles. The van der Waals surface area contributed by atoms with Crippen LogP contribution in [0.25, 0.3) is 10.9 Å². The first-order valence-electron chi connectivity index (χ1n) is 10.7. The lowest BCUT2D eigenvalue weighted by molar-refractivity contribution is 0.485. The average Bonchev–Trinajstić information content (AvgIpc) is 3.13. The minimum absolute atomic E-state index is 0.189. The SMILES string of the molecule is CCc1nc2ccc(C(C)c3cnc(C)n3C)cc2c(Cl)c1Cc1ccc(CF)cc1. The van der Waals surface area contributed by atoms with E-state index >= 15 is 0 Å². The van der Waals surface area contributed by atoms with E-state index in [1.54, 1.807) is 0 Å². The minimum Gasteiger partial charge on any atom is -0.335 e. The lowest BCUT2D eigenvalue weighted by Crippen LogP contribution is -2.05. The average molecular weight is 436 g/mol. The second kappa shape index (κ2) is 8.80.